The first kappa shape index (κ1) is 19.6. The Bertz CT molecular complexity index is 849. The average molecular weight is 400 g/mol. The zero-order valence-electron chi connectivity index (χ0n) is 17.3. The number of nitrogens with one attached hydrogen (secondary N) is 1. The van der Waals surface area contributed by atoms with Crippen molar-refractivity contribution in [2.45, 2.75) is 70.2 Å². The van der Waals surface area contributed by atoms with E-state index in [0.717, 1.165) is 35.3 Å². The van der Waals surface area contributed by atoms with Crippen molar-refractivity contribution in [3.8, 4) is 0 Å². The molecule has 5 nitrogen and oxygen atoms in total. The van der Waals surface area contributed by atoms with E-state index in [4.69, 9.17) is 14.5 Å². The molecule has 1 aromatic carbocycles. The third-order valence-electron chi connectivity index (χ3n) is 6.53. The van der Waals surface area contributed by atoms with Crippen molar-refractivity contribution >= 4 is 25.8 Å². The lowest BCUT2D eigenvalue weighted by atomic mass is 9.81. The molecule has 2 saturated heterocycles. The molecule has 1 aromatic heterocycles. The minimum absolute atomic E-state index is 0.102. The zero-order chi connectivity index (χ0) is 19.8. The van der Waals surface area contributed by atoms with E-state index in [1.165, 1.54) is 24.9 Å². The van der Waals surface area contributed by atoms with Gasteiger partial charge >= 0.3 is 5.97 Å². The van der Waals surface area contributed by atoms with Gasteiger partial charge in [0.05, 0.1) is 17.6 Å². The van der Waals surface area contributed by atoms with E-state index in [1.54, 1.807) is 0 Å². The van der Waals surface area contributed by atoms with Crippen molar-refractivity contribution in [2.75, 3.05) is 13.2 Å². The Morgan fingerprint density at radius 2 is 2.11 bits per heavy atom. The van der Waals surface area contributed by atoms with E-state index in [2.05, 4.69) is 18.5 Å². The summed E-state index contributed by atoms with van der Waals surface area (Å²) in [6, 6.07) is 8.83. The number of benzene rings is 1. The fourth-order valence-corrected chi connectivity index (χ4v) is 6.96. The molecule has 2 fully saturated rings. The number of aromatic amines is 1. The molecule has 28 heavy (non-hydrogen) atoms. The maximum Gasteiger partial charge on any atom is 0.343 e. The molecule has 2 aromatic rings. The summed E-state index contributed by atoms with van der Waals surface area (Å²) in [5.74, 6) is 0.775. The number of fused-ring (bicyclic) bond motifs is 1. The van der Waals surface area contributed by atoms with E-state index in [0.29, 0.717) is 25.0 Å². The van der Waals surface area contributed by atoms with Gasteiger partial charge in [-0.25, -0.2) is 9.78 Å². The molecule has 0 amide bonds. The molecule has 6 heteroatoms. The van der Waals surface area contributed by atoms with Crippen LogP contribution in [0.25, 0.3) is 11.0 Å². The molecule has 0 bridgehead atoms. The largest absolute Gasteiger partial charge is 0.464 e. The van der Waals surface area contributed by atoms with Gasteiger partial charge in [-0.1, -0.05) is 44.5 Å². The maximum absolute atomic E-state index is 12.7. The number of rotatable bonds is 5. The lowest BCUT2D eigenvalue weighted by Crippen LogP contribution is -2.36. The molecule has 4 rings (SSSR count). The SMILES string of the molecule is CCOC(=O)C1(c2ccc3nc(CC4(C)CC[Si](C)CC4)[nH]c3c2)CCCO1. The number of ether oxygens (including phenoxy) is 2. The van der Waals surface area contributed by atoms with E-state index in [1.807, 2.05) is 25.1 Å². The highest BCUT2D eigenvalue weighted by atomic mass is 28.3. The van der Waals surface area contributed by atoms with E-state index < -0.39 is 5.60 Å². The molecule has 1 unspecified atom stereocenters. The molecule has 1 N–H and O–H groups in total. The second-order valence-corrected chi connectivity index (χ2v) is 11.8. The topological polar surface area (TPSA) is 64.2 Å². The first-order valence-electron chi connectivity index (χ1n) is 10.6. The highest BCUT2D eigenvalue weighted by Crippen LogP contribution is 2.40. The molecule has 3 heterocycles. The number of hydrogen-bond acceptors (Lipinski definition) is 4. The number of carbonyl (C=O) groups excluding carboxylic acids is 1. The fraction of sp³-hybridized carbons (Fsp3) is 0.636. The summed E-state index contributed by atoms with van der Waals surface area (Å²) in [7, 11) is -0.102. The summed E-state index contributed by atoms with van der Waals surface area (Å²) in [6.45, 7) is 7.64. The number of aromatic nitrogens is 2. The van der Waals surface area contributed by atoms with Crippen LogP contribution in [0.4, 0.5) is 0 Å². The molecule has 1 radical (unpaired) electrons. The summed E-state index contributed by atoms with van der Waals surface area (Å²) in [6.07, 6.45) is 5.13. The summed E-state index contributed by atoms with van der Waals surface area (Å²) in [5, 5.41) is 0. The molecule has 1 atom stereocenters. The summed E-state index contributed by atoms with van der Waals surface area (Å²) in [4.78, 5) is 21.0. The monoisotopic (exact) mass is 399 g/mol. The van der Waals surface area contributed by atoms with Crippen LogP contribution in [0.1, 0.15) is 50.9 Å². The predicted molar refractivity (Wildman–Crippen MR) is 112 cm³/mol. The standard InChI is InChI=1S/C22H31N2O3Si/c1-4-26-20(25)22(8-5-11-27-22)16-6-7-17-18(14-16)24-19(23-17)15-21(2)9-12-28(3)13-10-21/h6-7,14H,4-5,8-13,15H2,1-3H3,(H,23,24). The molecular weight excluding hydrogens is 368 g/mol. The molecule has 0 saturated carbocycles. The van der Waals surface area contributed by atoms with Crippen LogP contribution in [0, 0.1) is 5.41 Å². The van der Waals surface area contributed by atoms with Crippen LogP contribution >= 0.6 is 0 Å². The van der Waals surface area contributed by atoms with Gasteiger partial charge in [-0.2, -0.15) is 0 Å². The second kappa shape index (κ2) is 7.63. The predicted octanol–water partition coefficient (Wildman–Crippen LogP) is 4.60. The lowest BCUT2D eigenvalue weighted by Gasteiger charge is -2.35. The summed E-state index contributed by atoms with van der Waals surface area (Å²) in [5.41, 5.74) is 2.18. The number of nitrogens with zero attached hydrogens (tertiary/aromatic N) is 1. The number of hydrogen-bond donors (Lipinski definition) is 1. The van der Waals surface area contributed by atoms with Crippen LogP contribution in [0.3, 0.4) is 0 Å². The zero-order valence-corrected chi connectivity index (χ0v) is 18.3. The van der Waals surface area contributed by atoms with Crippen LogP contribution in [-0.2, 0) is 26.3 Å². The van der Waals surface area contributed by atoms with Crippen molar-refractivity contribution in [2.24, 2.45) is 5.41 Å². The number of H-pyrrole nitrogens is 1. The molecule has 151 valence electrons. The van der Waals surface area contributed by atoms with Crippen LogP contribution in [-0.4, -0.2) is 37.9 Å². The Kier molecular flexibility index (Phi) is 5.36. The smallest absolute Gasteiger partial charge is 0.343 e. The van der Waals surface area contributed by atoms with Gasteiger partial charge < -0.3 is 14.5 Å². The van der Waals surface area contributed by atoms with Crippen molar-refractivity contribution < 1.29 is 14.3 Å². The highest BCUT2D eigenvalue weighted by Gasteiger charge is 2.46. The lowest BCUT2D eigenvalue weighted by molar-refractivity contribution is -0.167. The van der Waals surface area contributed by atoms with Gasteiger partial charge in [-0.05, 0) is 42.9 Å². The Morgan fingerprint density at radius 1 is 1.32 bits per heavy atom. The van der Waals surface area contributed by atoms with Gasteiger partial charge in [0.2, 0.25) is 0 Å². The molecular formula is C22H31N2O3Si. The van der Waals surface area contributed by atoms with Gasteiger partial charge in [0, 0.05) is 21.8 Å². The van der Waals surface area contributed by atoms with Crippen LogP contribution in [0.2, 0.25) is 18.6 Å². The van der Waals surface area contributed by atoms with Crippen molar-refractivity contribution in [3.63, 3.8) is 0 Å². The highest BCUT2D eigenvalue weighted by molar-refractivity contribution is 6.57. The van der Waals surface area contributed by atoms with Gasteiger partial charge in [0.25, 0.3) is 0 Å². The van der Waals surface area contributed by atoms with Crippen molar-refractivity contribution in [1.29, 1.82) is 0 Å². The molecule has 2 aliphatic heterocycles. The Balaban J connectivity index is 1.60. The van der Waals surface area contributed by atoms with Crippen LogP contribution in [0.15, 0.2) is 18.2 Å². The van der Waals surface area contributed by atoms with Crippen LogP contribution in [0.5, 0.6) is 0 Å². The number of esters is 1. The molecule has 2 aliphatic rings. The van der Waals surface area contributed by atoms with Crippen molar-refractivity contribution in [3.05, 3.63) is 29.6 Å². The quantitative estimate of drug-likeness (QED) is 0.589. The maximum atomic E-state index is 12.7. The minimum Gasteiger partial charge on any atom is -0.464 e. The first-order valence-corrected chi connectivity index (χ1v) is 13.0. The van der Waals surface area contributed by atoms with Gasteiger partial charge in [-0.3, -0.25) is 0 Å². The minimum atomic E-state index is -0.968. The fourth-order valence-electron chi connectivity index (χ4n) is 4.65. The Morgan fingerprint density at radius 3 is 2.79 bits per heavy atom. The summed E-state index contributed by atoms with van der Waals surface area (Å²) < 4.78 is 11.3. The normalized spacial score (nSPS) is 25.2. The average Bonchev–Trinajstić information content (AvgIpc) is 3.31. The summed E-state index contributed by atoms with van der Waals surface area (Å²) >= 11 is 0. The third-order valence-corrected chi connectivity index (χ3v) is 8.74. The first-order chi connectivity index (χ1) is 13.4. The van der Waals surface area contributed by atoms with E-state index in [9.17, 15) is 4.79 Å². The Labute approximate surface area is 168 Å². The Hall–Kier alpha value is -1.66. The van der Waals surface area contributed by atoms with Crippen molar-refractivity contribution in [1.82, 2.24) is 9.97 Å². The third kappa shape index (κ3) is 3.64. The van der Waals surface area contributed by atoms with Gasteiger partial charge in [0.1, 0.15) is 5.82 Å². The molecule has 0 aliphatic carbocycles. The second-order valence-electron chi connectivity index (χ2n) is 8.86. The van der Waals surface area contributed by atoms with Gasteiger partial charge in [0.15, 0.2) is 5.60 Å². The number of imidazole rings is 1. The van der Waals surface area contributed by atoms with Gasteiger partial charge in [-0.15, -0.1) is 0 Å². The molecule has 0 spiro atoms. The van der Waals surface area contributed by atoms with Crippen LogP contribution < -0.4 is 0 Å². The number of carbonyl (C=O) groups is 1. The van der Waals surface area contributed by atoms with E-state index in [-0.39, 0.29) is 14.8 Å². The van der Waals surface area contributed by atoms with E-state index >= 15 is 0 Å².